The van der Waals surface area contributed by atoms with E-state index in [1.54, 1.807) is 13.2 Å². The molecule has 0 saturated carbocycles. The molecular weight excluding hydrogens is 436 g/mol. The molecule has 0 bridgehead atoms. The average molecular weight is 453 g/mol. The Morgan fingerprint density at radius 2 is 1.78 bits per heavy atom. The highest BCUT2D eigenvalue weighted by molar-refractivity contribution is 9.10. The van der Waals surface area contributed by atoms with E-state index in [-0.39, 0.29) is 5.91 Å². The van der Waals surface area contributed by atoms with Crippen LogP contribution in [0.1, 0.15) is 10.4 Å². The minimum Gasteiger partial charge on any atom is -0.497 e. The molecule has 27 heavy (non-hydrogen) atoms. The maximum Gasteiger partial charge on any atom is 0.258 e. The van der Waals surface area contributed by atoms with Crippen LogP contribution >= 0.6 is 27.3 Å². The standard InChI is InChI=1S/C18H17BrN2O5S/c1-23-9-5-6-11-13(7-9)27-18(20-11)21-17(22)10-8-12(24-2)15(25-3)16(26-4)14(10)19/h5-8H,1-4H3,(H,20,21,22). The number of halogens is 1. The molecule has 0 atom stereocenters. The molecule has 2 aromatic carbocycles. The van der Waals surface area contributed by atoms with Gasteiger partial charge in [0.15, 0.2) is 16.6 Å². The summed E-state index contributed by atoms with van der Waals surface area (Å²) in [5.41, 5.74) is 1.11. The smallest absolute Gasteiger partial charge is 0.258 e. The van der Waals surface area contributed by atoms with Gasteiger partial charge in [0.1, 0.15) is 5.75 Å². The maximum absolute atomic E-state index is 12.8. The molecule has 0 unspecified atom stereocenters. The van der Waals surface area contributed by atoms with Gasteiger partial charge in [-0.15, -0.1) is 0 Å². The molecule has 0 aliphatic carbocycles. The van der Waals surface area contributed by atoms with Crippen LogP contribution < -0.4 is 24.3 Å². The molecule has 1 N–H and O–H groups in total. The molecule has 1 amide bonds. The summed E-state index contributed by atoms with van der Waals surface area (Å²) in [7, 11) is 6.09. The SMILES string of the molecule is COc1ccc2nc(NC(=O)c3cc(OC)c(OC)c(OC)c3Br)sc2c1. The number of nitrogens with zero attached hydrogens (tertiary/aromatic N) is 1. The number of fused-ring (bicyclic) bond motifs is 1. The average Bonchev–Trinajstić information content (AvgIpc) is 3.08. The number of aromatic nitrogens is 1. The summed E-state index contributed by atoms with van der Waals surface area (Å²) in [6.07, 6.45) is 0. The van der Waals surface area contributed by atoms with Crippen molar-refractivity contribution in [2.24, 2.45) is 0 Å². The molecule has 1 aromatic heterocycles. The number of hydrogen-bond donors (Lipinski definition) is 1. The van der Waals surface area contributed by atoms with Crippen molar-refractivity contribution in [1.82, 2.24) is 4.98 Å². The first-order valence-electron chi connectivity index (χ1n) is 7.76. The second-order valence-electron chi connectivity index (χ2n) is 5.31. The van der Waals surface area contributed by atoms with Crippen LogP contribution in [0, 0.1) is 0 Å². The lowest BCUT2D eigenvalue weighted by Crippen LogP contribution is -2.13. The largest absolute Gasteiger partial charge is 0.497 e. The van der Waals surface area contributed by atoms with Gasteiger partial charge < -0.3 is 18.9 Å². The first kappa shape index (κ1) is 19.2. The molecule has 0 fully saturated rings. The van der Waals surface area contributed by atoms with Crippen molar-refractivity contribution < 1.29 is 23.7 Å². The molecule has 0 spiro atoms. The van der Waals surface area contributed by atoms with Crippen LogP contribution in [-0.4, -0.2) is 39.3 Å². The van der Waals surface area contributed by atoms with Gasteiger partial charge in [0.2, 0.25) is 5.75 Å². The summed E-state index contributed by atoms with van der Waals surface area (Å²) in [5, 5.41) is 3.29. The van der Waals surface area contributed by atoms with Gasteiger partial charge in [-0.2, -0.15) is 0 Å². The van der Waals surface area contributed by atoms with E-state index in [2.05, 4.69) is 26.2 Å². The number of anilines is 1. The number of carbonyl (C=O) groups is 1. The summed E-state index contributed by atoms with van der Waals surface area (Å²) < 4.78 is 22.6. The fraction of sp³-hybridized carbons (Fsp3) is 0.222. The normalized spacial score (nSPS) is 10.6. The molecule has 3 rings (SSSR count). The third kappa shape index (κ3) is 3.65. The lowest BCUT2D eigenvalue weighted by atomic mass is 10.1. The van der Waals surface area contributed by atoms with E-state index in [1.165, 1.54) is 32.7 Å². The molecule has 0 radical (unpaired) electrons. The molecule has 9 heteroatoms. The molecule has 7 nitrogen and oxygen atoms in total. The Labute approximate surface area is 168 Å². The predicted octanol–water partition coefficient (Wildman–Crippen LogP) is 4.35. The third-order valence-electron chi connectivity index (χ3n) is 3.83. The zero-order valence-corrected chi connectivity index (χ0v) is 17.5. The molecule has 142 valence electrons. The Morgan fingerprint density at radius 3 is 2.41 bits per heavy atom. The minimum absolute atomic E-state index is 0.335. The number of methoxy groups -OCH3 is 4. The predicted molar refractivity (Wildman–Crippen MR) is 108 cm³/mol. The first-order chi connectivity index (χ1) is 13.0. The summed E-state index contributed by atoms with van der Waals surface area (Å²) in [4.78, 5) is 17.3. The zero-order valence-electron chi connectivity index (χ0n) is 15.1. The molecular formula is C18H17BrN2O5S. The lowest BCUT2D eigenvalue weighted by molar-refractivity contribution is 0.102. The van der Waals surface area contributed by atoms with Gasteiger partial charge in [-0.3, -0.25) is 10.1 Å². The molecule has 1 heterocycles. The Kier molecular flexibility index (Phi) is 5.71. The van der Waals surface area contributed by atoms with Crippen LogP contribution in [0.5, 0.6) is 23.0 Å². The van der Waals surface area contributed by atoms with Gasteiger partial charge in [0, 0.05) is 0 Å². The van der Waals surface area contributed by atoms with E-state index >= 15 is 0 Å². The van der Waals surface area contributed by atoms with Crippen LogP contribution in [0.2, 0.25) is 0 Å². The highest BCUT2D eigenvalue weighted by Crippen LogP contribution is 2.45. The Balaban J connectivity index is 1.96. The fourth-order valence-electron chi connectivity index (χ4n) is 2.54. The Morgan fingerprint density at radius 1 is 1.04 bits per heavy atom. The molecule has 0 aliphatic rings. The third-order valence-corrected chi connectivity index (χ3v) is 5.55. The van der Waals surface area contributed by atoms with Gasteiger partial charge in [-0.1, -0.05) is 11.3 Å². The Hall–Kier alpha value is -2.52. The minimum atomic E-state index is -0.354. The fourth-order valence-corrected chi connectivity index (χ4v) is 4.06. The quantitative estimate of drug-likeness (QED) is 0.598. The van der Waals surface area contributed by atoms with Crippen LogP contribution in [0.25, 0.3) is 10.2 Å². The van der Waals surface area contributed by atoms with Crippen molar-refractivity contribution in [3.05, 3.63) is 34.3 Å². The second kappa shape index (κ2) is 8.01. The van der Waals surface area contributed by atoms with Crippen LogP contribution in [0.15, 0.2) is 28.7 Å². The summed E-state index contributed by atoms with van der Waals surface area (Å²) in [6, 6.07) is 7.12. The molecule has 3 aromatic rings. The van der Waals surface area contributed by atoms with Crippen molar-refractivity contribution >= 4 is 48.5 Å². The van der Waals surface area contributed by atoms with E-state index in [0.717, 1.165) is 16.0 Å². The number of ether oxygens (including phenoxy) is 4. The van der Waals surface area contributed by atoms with Crippen molar-refractivity contribution in [3.63, 3.8) is 0 Å². The van der Waals surface area contributed by atoms with E-state index in [4.69, 9.17) is 18.9 Å². The number of carbonyl (C=O) groups excluding carboxylic acids is 1. The topological polar surface area (TPSA) is 78.9 Å². The van der Waals surface area contributed by atoms with Crippen LogP contribution in [0.4, 0.5) is 5.13 Å². The summed E-state index contributed by atoms with van der Waals surface area (Å²) in [6.45, 7) is 0. The van der Waals surface area contributed by atoms with Crippen LogP contribution in [-0.2, 0) is 0 Å². The molecule has 0 saturated heterocycles. The summed E-state index contributed by atoms with van der Waals surface area (Å²) in [5.74, 6) is 1.53. The van der Waals surface area contributed by atoms with Crippen molar-refractivity contribution in [1.29, 1.82) is 0 Å². The highest BCUT2D eigenvalue weighted by atomic mass is 79.9. The van der Waals surface area contributed by atoms with Gasteiger partial charge in [0.05, 0.1) is 48.7 Å². The number of benzene rings is 2. The Bertz CT molecular complexity index is 1010. The maximum atomic E-state index is 12.8. The van der Waals surface area contributed by atoms with E-state index in [0.29, 0.717) is 32.4 Å². The van der Waals surface area contributed by atoms with Gasteiger partial charge in [-0.05, 0) is 40.2 Å². The van der Waals surface area contributed by atoms with Crippen LogP contribution in [0.3, 0.4) is 0 Å². The lowest BCUT2D eigenvalue weighted by Gasteiger charge is -2.16. The van der Waals surface area contributed by atoms with Crippen molar-refractivity contribution in [2.45, 2.75) is 0 Å². The second-order valence-corrected chi connectivity index (χ2v) is 7.14. The van der Waals surface area contributed by atoms with E-state index < -0.39 is 0 Å². The number of rotatable bonds is 6. The number of hydrogen-bond acceptors (Lipinski definition) is 7. The summed E-state index contributed by atoms with van der Waals surface area (Å²) >= 11 is 4.77. The highest BCUT2D eigenvalue weighted by Gasteiger charge is 2.23. The number of nitrogens with one attached hydrogen (secondary N) is 1. The van der Waals surface area contributed by atoms with E-state index in [9.17, 15) is 4.79 Å². The van der Waals surface area contributed by atoms with Gasteiger partial charge in [0.25, 0.3) is 5.91 Å². The molecule has 0 aliphatic heterocycles. The zero-order chi connectivity index (χ0) is 19.6. The van der Waals surface area contributed by atoms with Gasteiger partial charge >= 0.3 is 0 Å². The number of amides is 1. The van der Waals surface area contributed by atoms with Crippen molar-refractivity contribution in [3.8, 4) is 23.0 Å². The van der Waals surface area contributed by atoms with E-state index in [1.807, 2.05) is 18.2 Å². The number of thiazole rings is 1. The first-order valence-corrected chi connectivity index (χ1v) is 9.37. The monoisotopic (exact) mass is 452 g/mol. The van der Waals surface area contributed by atoms with Gasteiger partial charge in [-0.25, -0.2) is 4.98 Å². The van der Waals surface area contributed by atoms with Crippen molar-refractivity contribution in [2.75, 3.05) is 33.8 Å².